The Morgan fingerprint density at radius 3 is 2.30 bits per heavy atom. The molecular formula is C16H17BrN2O. The fourth-order valence-corrected chi connectivity index (χ4v) is 2.22. The zero-order chi connectivity index (χ0) is 14.5. The van der Waals surface area contributed by atoms with Gasteiger partial charge in [-0.2, -0.15) is 0 Å². The van der Waals surface area contributed by atoms with E-state index in [1.807, 2.05) is 36.4 Å². The number of benzene rings is 2. The minimum Gasteiger partial charge on any atom is -0.383 e. The van der Waals surface area contributed by atoms with Gasteiger partial charge >= 0.3 is 0 Å². The minimum absolute atomic E-state index is 0.115. The third-order valence-corrected chi connectivity index (χ3v) is 3.18. The Hall–Kier alpha value is -1.81. The zero-order valence-electron chi connectivity index (χ0n) is 11.5. The van der Waals surface area contributed by atoms with E-state index in [1.165, 1.54) is 0 Å². The van der Waals surface area contributed by atoms with Crippen molar-refractivity contribution >= 4 is 33.2 Å². The van der Waals surface area contributed by atoms with Gasteiger partial charge in [-0.1, -0.05) is 22.0 Å². The van der Waals surface area contributed by atoms with Crippen LogP contribution in [0.1, 0.15) is 24.2 Å². The Balaban J connectivity index is 2.04. The van der Waals surface area contributed by atoms with Gasteiger partial charge < -0.3 is 10.6 Å². The summed E-state index contributed by atoms with van der Waals surface area (Å²) in [4.78, 5) is 12.1. The number of carbonyl (C=O) groups excluding carboxylic acids is 1. The lowest BCUT2D eigenvalue weighted by Crippen LogP contribution is -2.12. The van der Waals surface area contributed by atoms with Gasteiger partial charge in [0.2, 0.25) is 0 Å². The van der Waals surface area contributed by atoms with Crippen LogP contribution >= 0.6 is 15.9 Å². The predicted octanol–water partition coefficient (Wildman–Crippen LogP) is 4.52. The van der Waals surface area contributed by atoms with Gasteiger partial charge in [-0.3, -0.25) is 4.79 Å². The van der Waals surface area contributed by atoms with E-state index in [0.717, 1.165) is 15.8 Å². The molecule has 2 aromatic carbocycles. The maximum atomic E-state index is 12.1. The molecule has 0 atom stereocenters. The van der Waals surface area contributed by atoms with E-state index < -0.39 is 0 Å². The fraction of sp³-hybridized carbons (Fsp3) is 0.188. The maximum absolute atomic E-state index is 12.1. The molecule has 0 unspecified atom stereocenters. The van der Waals surface area contributed by atoms with Crippen molar-refractivity contribution in [1.29, 1.82) is 0 Å². The third-order valence-electron chi connectivity index (χ3n) is 2.68. The molecule has 0 aromatic heterocycles. The Labute approximate surface area is 127 Å². The first kappa shape index (κ1) is 14.6. The van der Waals surface area contributed by atoms with Gasteiger partial charge in [-0.15, -0.1) is 0 Å². The summed E-state index contributed by atoms with van der Waals surface area (Å²) < 4.78 is 0.890. The van der Waals surface area contributed by atoms with Gasteiger partial charge in [0, 0.05) is 27.5 Å². The highest BCUT2D eigenvalue weighted by molar-refractivity contribution is 9.10. The van der Waals surface area contributed by atoms with E-state index in [0.29, 0.717) is 11.6 Å². The van der Waals surface area contributed by atoms with Crippen molar-refractivity contribution in [2.75, 3.05) is 10.6 Å². The number of hydrogen-bond donors (Lipinski definition) is 2. The average Bonchev–Trinajstić information content (AvgIpc) is 2.40. The standard InChI is InChI=1S/C16H17BrN2O/c1-11(2)18-14-6-8-15(9-7-14)19-16(20)12-4-3-5-13(17)10-12/h3-11,18H,1-2H3,(H,19,20). The van der Waals surface area contributed by atoms with Gasteiger partial charge in [0.1, 0.15) is 0 Å². The Kier molecular flexibility index (Phi) is 4.79. The largest absolute Gasteiger partial charge is 0.383 e. The number of amides is 1. The highest BCUT2D eigenvalue weighted by Gasteiger charge is 2.06. The smallest absolute Gasteiger partial charge is 0.255 e. The molecule has 0 aliphatic heterocycles. The topological polar surface area (TPSA) is 41.1 Å². The monoisotopic (exact) mass is 332 g/mol. The van der Waals surface area contributed by atoms with Crippen LogP contribution in [0.25, 0.3) is 0 Å². The van der Waals surface area contributed by atoms with Gasteiger partial charge in [0.15, 0.2) is 0 Å². The van der Waals surface area contributed by atoms with Crippen LogP contribution in [0.15, 0.2) is 53.0 Å². The maximum Gasteiger partial charge on any atom is 0.255 e. The van der Waals surface area contributed by atoms with Crippen molar-refractivity contribution in [2.24, 2.45) is 0 Å². The van der Waals surface area contributed by atoms with E-state index >= 15 is 0 Å². The first-order valence-corrected chi connectivity index (χ1v) is 7.27. The zero-order valence-corrected chi connectivity index (χ0v) is 13.1. The summed E-state index contributed by atoms with van der Waals surface area (Å²) >= 11 is 3.36. The summed E-state index contributed by atoms with van der Waals surface area (Å²) in [6.07, 6.45) is 0. The molecule has 3 nitrogen and oxygen atoms in total. The number of hydrogen-bond acceptors (Lipinski definition) is 2. The van der Waals surface area contributed by atoms with Crippen LogP contribution in [0.4, 0.5) is 11.4 Å². The molecule has 0 fully saturated rings. The lowest BCUT2D eigenvalue weighted by molar-refractivity contribution is 0.102. The fourth-order valence-electron chi connectivity index (χ4n) is 1.82. The number of carbonyl (C=O) groups is 1. The lowest BCUT2D eigenvalue weighted by Gasteiger charge is -2.11. The molecule has 4 heteroatoms. The average molecular weight is 333 g/mol. The number of nitrogens with one attached hydrogen (secondary N) is 2. The normalized spacial score (nSPS) is 10.4. The first-order valence-electron chi connectivity index (χ1n) is 6.48. The van der Waals surface area contributed by atoms with Crippen LogP contribution in [-0.2, 0) is 0 Å². The van der Waals surface area contributed by atoms with Gasteiger partial charge in [0.05, 0.1) is 0 Å². The SMILES string of the molecule is CC(C)Nc1ccc(NC(=O)c2cccc(Br)c2)cc1. The number of anilines is 2. The Bertz CT molecular complexity index is 594. The minimum atomic E-state index is -0.115. The lowest BCUT2D eigenvalue weighted by atomic mass is 10.2. The van der Waals surface area contributed by atoms with Crippen molar-refractivity contribution in [3.05, 3.63) is 58.6 Å². The van der Waals surface area contributed by atoms with Gasteiger partial charge in [0.25, 0.3) is 5.91 Å². The summed E-state index contributed by atoms with van der Waals surface area (Å²) in [5.41, 5.74) is 2.45. The number of rotatable bonds is 4. The summed E-state index contributed by atoms with van der Waals surface area (Å²) in [6, 6.07) is 15.4. The highest BCUT2D eigenvalue weighted by atomic mass is 79.9. The van der Waals surface area contributed by atoms with Crippen molar-refractivity contribution in [2.45, 2.75) is 19.9 Å². The molecule has 20 heavy (non-hydrogen) atoms. The predicted molar refractivity (Wildman–Crippen MR) is 87.3 cm³/mol. The van der Waals surface area contributed by atoms with Gasteiger partial charge in [-0.05, 0) is 56.3 Å². The van der Waals surface area contributed by atoms with E-state index in [4.69, 9.17) is 0 Å². The van der Waals surface area contributed by atoms with Crippen LogP contribution in [-0.4, -0.2) is 11.9 Å². The second-order valence-electron chi connectivity index (χ2n) is 4.84. The molecule has 104 valence electrons. The van der Waals surface area contributed by atoms with Gasteiger partial charge in [-0.25, -0.2) is 0 Å². The molecular weight excluding hydrogens is 316 g/mol. The molecule has 0 radical (unpaired) electrons. The molecule has 2 aromatic rings. The molecule has 0 heterocycles. The molecule has 0 aliphatic rings. The van der Waals surface area contributed by atoms with E-state index in [-0.39, 0.29) is 5.91 Å². The summed E-state index contributed by atoms with van der Waals surface area (Å²) in [7, 11) is 0. The van der Waals surface area contributed by atoms with Crippen LogP contribution in [0.2, 0.25) is 0 Å². The van der Waals surface area contributed by atoms with E-state index in [2.05, 4.69) is 40.4 Å². The molecule has 1 amide bonds. The molecule has 0 saturated heterocycles. The van der Waals surface area contributed by atoms with E-state index in [9.17, 15) is 4.79 Å². The summed E-state index contributed by atoms with van der Waals surface area (Å²) in [6.45, 7) is 4.17. The van der Waals surface area contributed by atoms with Crippen molar-refractivity contribution in [1.82, 2.24) is 0 Å². The molecule has 0 bridgehead atoms. The van der Waals surface area contributed by atoms with Crippen LogP contribution < -0.4 is 10.6 Å². The molecule has 2 rings (SSSR count). The van der Waals surface area contributed by atoms with E-state index in [1.54, 1.807) is 12.1 Å². The van der Waals surface area contributed by atoms with Crippen molar-refractivity contribution in [3.8, 4) is 0 Å². The van der Waals surface area contributed by atoms with Crippen molar-refractivity contribution < 1.29 is 4.79 Å². The molecule has 2 N–H and O–H groups in total. The third kappa shape index (κ3) is 4.10. The molecule has 0 spiro atoms. The first-order chi connectivity index (χ1) is 9.54. The van der Waals surface area contributed by atoms with Crippen molar-refractivity contribution in [3.63, 3.8) is 0 Å². The van der Waals surface area contributed by atoms with Crippen LogP contribution in [0.5, 0.6) is 0 Å². The highest BCUT2D eigenvalue weighted by Crippen LogP contribution is 2.17. The molecule has 0 aliphatic carbocycles. The second kappa shape index (κ2) is 6.57. The Morgan fingerprint density at radius 1 is 1.05 bits per heavy atom. The Morgan fingerprint density at radius 2 is 1.70 bits per heavy atom. The second-order valence-corrected chi connectivity index (χ2v) is 5.76. The van der Waals surface area contributed by atoms with Crippen LogP contribution in [0, 0.1) is 0 Å². The summed E-state index contributed by atoms with van der Waals surface area (Å²) in [5, 5.41) is 6.18. The quantitative estimate of drug-likeness (QED) is 0.864. The summed E-state index contributed by atoms with van der Waals surface area (Å²) in [5.74, 6) is -0.115. The number of halogens is 1. The molecule has 0 saturated carbocycles. The van der Waals surface area contributed by atoms with Crippen LogP contribution in [0.3, 0.4) is 0 Å².